The SMILES string of the molecule is CCCCC[C]1CCCCC1. The van der Waals surface area contributed by atoms with Gasteiger partial charge in [-0.2, -0.15) is 0 Å². The molecular weight excluding hydrogens is 132 g/mol. The van der Waals surface area contributed by atoms with Gasteiger partial charge in [-0.1, -0.05) is 45.4 Å². The molecule has 11 heavy (non-hydrogen) atoms. The predicted molar refractivity (Wildman–Crippen MR) is 50.5 cm³/mol. The van der Waals surface area contributed by atoms with Crippen molar-refractivity contribution in [3.63, 3.8) is 0 Å². The minimum Gasteiger partial charge on any atom is -0.0654 e. The molecule has 1 saturated carbocycles. The number of unbranched alkanes of at least 4 members (excludes halogenated alkanes) is 2. The van der Waals surface area contributed by atoms with Crippen LogP contribution in [0.3, 0.4) is 0 Å². The van der Waals surface area contributed by atoms with Crippen LogP contribution in [-0.4, -0.2) is 0 Å². The van der Waals surface area contributed by atoms with E-state index in [1.54, 1.807) is 0 Å². The maximum atomic E-state index is 2.28. The first-order chi connectivity index (χ1) is 5.43. The van der Waals surface area contributed by atoms with Crippen LogP contribution >= 0.6 is 0 Å². The lowest BCUT2D eigenvalue weighted by molar-refractivity contribution is 0.491. The highest BCUT2D eigenvalue weighted by Crippen LogP contribution is 2.29. The summed E-state index contributed by atoms with van der Waals surface area (Å²) in [7, 11) is 0. The summed E-state index contributed by atoms with van der Waals surface area (Å²) in [5.41, 5.74) is 0. The van der Waals surface area contributed by atoms with Crippen LogP contribution in [0.1, 0.15) is 64.7 Å². The minimum absolute atomic E-state index is 1.37. The lowest BCUT2D eigenvalue weighted by atomic mass is 9.86. The van der Waals surface area contributed by atoms with Crippen LogP contribution in [0.2, 0.25) is 0 Å². The van der Waals surface area contributed by atoms with E-state index in [0.29, 0.717) is 0 Å². The Kier molecular flexibility index (Phi) is 4.65. The lowest BCUT2D eigenvalue weighted by Crippen LogP contribution is -2.03. The number of hydrogen-bond acceptors (Lipinski definition) is 0. The molecule has 1 aliphatic carbocycles. The van der Waals surface area contributed by atoms with Gasteiger partial charge in [0.05, 0.1) is 0 Å². The summed E-state index contributed by atoms with van der Waals surface area (Å²) < 4.78 is 0. The highest BCUT2D eigenvalue weighted by molar-refractivity contribution is 4.91. The molecule has 0 spiro atoms. The van der Waals surface area contributed by atoms with E-state index in [2.05, 4.69) is 6.92 Å². The van der Waals surface area contributed by atoms with Crippen molar-refractivity contribution >= 4 is 0 Å². The highest BCUT2D eigenvalue weighted by atomic mass is 14.2. The summed E-state index contributed by atoms with van der Waals surface area (Å²) >= 11 is 0. The minimum atomic E-state index is 1.37. The van der Waals surface area contributed by atoms with Gasteiger partial charge in [-0.3, -0.25) is 0 Å². The molecule has 1 radical (unpaired) electrons. The van der Waals surface area contributed by atoms with Crippen LogP contribution in [-0.2, 0) is 0 Å². The summed E-state index contributed by atoms with van der Waals surface area (Å²) in [6.07, 6.45) is 13.0. The van der Waals surface area contributed by atoms with Crippen molar-refractivity contribution in [2.45, 2.75) is 64.7 Å². The van der Waals surface area contributed by atoms with Crippen LogP contribution in [0, 0.1) is 5.92 Å². The van der Waals surface area contributed by atoms with Crippen molar-refractivity contribution in [1.29, 1.82) is 0 Å². The maximum Gasteiger partial charge on any atom is -0.0241 e. The molecule has 0 N–H and O–H groups in total. The van der Waals surface area contributed by atoms with Gasteiger partial charge < -0.3 is 0 Å². The number of rotatable bonds is 4. The fourth-order valence-corrected chi connectivity index (χ4v) is 1.93. The molecule has 0 aromatic rings. The Morgan fingerprint density at radius 3 is 2.36 bits per heavy atom. The molecule has 0 amide bonds. The van der Waals surface area contributed by atoms with Crippen molar-refractivity contribution in [2.75, 3.05) is 0 Å². The van der Waals surface area contributed by atoms with Crippen molar-refractivity contribution in [3.8, 4) is 0 Å². The normalized spacial score (nSPS) is 20.5. The molecule has 0 nitrogen and oxygen atoms in total. The largest absolute Gasteiger partial charge is 0.0654 e. The highest BCUT2D eigenvalue weighted by Gasteiger charge is 2.12. The predicted octanol–water partition coefficient (Wildman–Crippen LogP) is 4.11. The van der Waals surface area contributed by atoms with Gasteiger partial charge in [-0.05, 0) is 25.2 Å². The van der Waals surface area contributed by atoms with E-state index in [9.17, 15) is 0 Å². The van der Waals surface area contributed by atoms with Crippen LogP contribution < -0.4 is 0 Å². The molecule has 1 fully saturated rings. The first-order valence-electron chi connectivity index (χ1n) is 5.27. The van der Waals surface area contributed by atoms with E-state index in [4.69, 9.17) is 0 Å². The third-order valence-corrected chi connectivity index (χ3v) is 2.69. The summed E-state index contributed by atoms with van der Waals surface area (Å²) in [5, 5.41) is 0. The Hall–Kier alpha value is 0. The Labute approximate surface area is 71.4 Å². The average Bonchev–Trinajstić information content (AvgIpc) is 2.07. The van der Waals surface area contributed by atoms with Crippen molar-refractivity contribution in [3.05, 3.63) is 5.92 Å². The van der Waals surface area contributed by atoms with E-state index in [1.807, 2.05) is 5.92 Å². The third-order valence-electron chi connectivity index (χ3n) is 2.69. The molecule has 0 aliphatic heterocycles. The van der Waals surface area contributed by atoms with Gasteiger partial charge >= 0.3 is 0 Å². The van der Waals surface area contributed by atoms with Crippen LogP contribution in [0.25, 0.3) is 0 Å². The molecular formula is C11H21. The maximum absolute atomic E-state index is 2.28. The molecule has 1 rings (SSSR count). The average molecular weight is 153 g/mol. The molecule has 0 bridgehead atoms. The summed E-state index contributed by atoms with van der Waals surface area (Å²) in [6, 6.07) is 0. The molecule has 65 valence electrons. The van der Waals surface area contributed by atoms with E-state index in [-0.39, 0.29) is 0 Å². The van der Waals surface area contributed by atoms with Crippen LogP contribution in [0.5, 0.6) is 0 Å². The molecule has 0 unspecified atom stereocenters. The van der Waals surface area contributed by atoms with Crippen molar-refractivity contribution in [2.24, 2.45) is 0 Å². The summed E-state index contributed by atoms with van der Waals surface area (Å²) in [5.74, 6) is 1.87. The second kappa shape index (κ2) is 5.62. The molecule has 0 atom stereocenters. The first kappa shape index (κ1) is 9.09. The zero-order valence-corrected chi connectivity index (χ0v) is 7.86. The fraction of sp³-hybridized carbons (Fsp3) is 0.909. The molecule has 0 aromatic heterocycles. The third kappa shape index (κ3) is 3.79. The Balaban J connectivity index is 1.96. The fourth-order valence-electron chi connectivity index (χ4n) is 1.93. The second-order valence-electron chi connectivity index (χ2n) is 3.77. The van der Waals surface area contributed by atoms with Gasteiger partial charge in [0.25, 0.3) is 0 Å². The zero-order chi connectivity index (χ0) is 7.94. The van der Waals surface area contributed by atoms with E-state index < -0.39 is 0 Å². The summed E-state index contributed by atoms with van der Waals surface area (Å²) in [4.78, 5) is 0. The standard InChI is InChI=1S/C11H21/c1-2-3-5-8-11-9-6-4-7-10-11/h2-10H2,1H3. The van der Waals surface area contributed by atoms with Crippen LogP contribution in [0.4, 0.5) is 0 Å². The van der Waals surface area contributed by atoms with E-state index in [0.717, 1.165) is 0 Å². The molecule has 0 heteroatoms. The van der Waals surface area contributed by atoms with E-state index in [1.165, 1.54) is 57.8 Å². The Morgan fingerprint density at radius 1 is 1.00 bits per heavy atom. The topological polar surface area (TPSA) is 0 Å². The van der Waals surface area contributed by atoms with Gasteiger partial charge in [0.15, 0.2) is 0 Å². The number of hydrogen-bond donors (Lipinski definition) is 0. The second-order valence-corrected chi connectivity index (χ2v) is 3.77. The molecule has 1 aliphatic rings. The van der Waals surface area contributed by atoms with Gasteiger partial charge in [-0.25, -0.2) is 0 Å². The molecule has 0 heterocycles. The van der Waals surface area contributed by atoms with Crippen LogP contribution in [0.15, 0.2) is 0 Å². The Morgan fingerprint density at radius 2 is 1.73 bits per heavy atom. The molecule has 0 aromatic carbocycles. The van der Waals surface area contributed by atoms with Gasteiger partial charge in [0.2, 0.25) is 0 Å². The van der Waals surface area contributed by atoms with Gasteiger partial charge in [-0.15, -0.1) is 0 Å². The lowest BCUT2D eigenvalue weighted by Gasteiger charge is -2.20. The van der Waals surface area contributed by atoms with Crippen molar-refractivity contribution < 1.29 is 0 Å². The smallest absolute Gasteiger partial charge is 0.0241 e. The molecule has 0 saturated heterocycles. The quantitative estimate of drug-likeness (QED) is 0.533. The zero-order valence-electron chi connectivity index (χ0n) is 7.86. The van der Waals surface area contributed by atoms with Crippen molar-refractivity contribution in [1.82, 2.24) is 0 Å². The van der Waals surface area contributed by atoms with Gasteiger partial charge in [0.1, 0.15) is 0 Å². The first-order valence-corrected chi connectivity index (χ1v) is 5.27. The Bertz CT molecular complexity index is 80.0. The monoisotopic (exact) mass is 153 g/mol. The summed E-state index contributed by atoms with van der Waals surface area (Å²) in [6.45, 7) is 2.28. The van der Waals surface area contributed by atoms with Gasteiger partial charge in [0, 0.05) is 0 Å². The van der Waals surface area contributed by atoms with E-state index >= 15 is 0 Å².